The minimum Gasteiger partial charge on any atom is -0.310 e. The van der Waals surface area contributed by atoms with E-state index >= 15 is 0 Å². The van der Waals surface area contributed by atoms with Crippen LogP contribution in [-0.4, -0.2) is 0 Å². The lowest BCUT2D eigenvalue weighted by Crippen LogP contribution is -2.12. The van der Waals surface area contributed by atoms with Crippen LogP contribution in [0.25, 0.3) is 34.1 Å². The van der Waals surface area contributed by atoms with Gasteiger partial charge in [-0.1, -0.05) is 156 Å². The number of aryl methyl sites for hydroxylation is 4. The van der Waals surface area contributed by atoms with Gasteiger partial charge in [-0.3, -0.25) is 0 Å². The first-order valence-electron chi connectivity index (χ1n) is 17.4. The number of rotatable bonds is 8. The second kappa shape index (κ2) is 14.3. The van der Waals surface area contributed by atoms with Gasteiger partial charge in [0.05, 0.1) is 5.69 Å². The number of allylic oxidation sites excluding steroid dienone is 1. The van der Waals surface area contributed by atoms with Crippen LogP contribution in [0.2, 0.25) is 0 Å². The fourth-order valence-corrected chi connectivity index (χ4v) is 6.80. The number of hydrogen-bond donors (Lipinski definition) is 0. The van der Waals surface area contributed by atoms with Crippen molar-refractivity contribution in [1.82, 2.24) is 0 Å². The maximum atomic E-state index is 2.42. The van der Waals surface area contributed by atoms with E-state index in [1.165, 1.54) is 77.7 Å². The molecule has 7 aromatic rings. The third kappa shape index (κ3) is 6.95. The van der Waals surface area contributed by atoms with Crippen molar-refractivity contribution in [3.63, 3.8) is 0 Å². The van der Waals surface area contributed by atoms with E-state index in [4.69, 9.17) is 0 Å². The first-order valence-corrected chi connectivity index (χ1v) is 17.4. The van der Waals surface area contributed by atoms with Gasteiger partial charge < -0.3 is 4.90 Å². The Bertz CT molecular complexity index is 2270. The first kappa shape index (κ1) is 32.6. The molecule has 0 saturated carbocycles. The molecule has 7 aromatic carbocycles. The van der Waals surface area contributed by atoms with Crippen molar-refractivity contribution in [2.45, 2.75) is 34.6 Å². The van der Waals surface area contributed by atoms with Crippen LogP contribution in [0.5, 0.6) is 0 Å². The normalized spacial score (nSPS) is 11.4. The maximum Gasteiger partial charge on any atom is 0.0540 e. The van der Waals surface area contributed by atoms with E-state index in [9.17, 15) is 0 Å². The summed E-state index contributed by atoms with van der Waals surface area (Å²) < 4.78 is 0. The summed E-state index contributed by atoms with van der Waals surface area (Å²) >= 11 is 0. The molecule has 244 valence electrons. The fourth-order valence-electron chi connectivity index (χ4n) is 6.80. The van der Waals surface area contributed by atoms with E-state index in [2.05, 4.69) is 209 Å². The quantitative estimate of drug-likeness (QED) is 0.149. The lowest BCUT2D eigenvalue weighted by molar-refractivity contribution is 1.25. The Hall–Kier alpha value is -5.92. The second-order valence-electron chi connectivity index (χ2n) is 13.4. The number of fused-ring (bicyclic) bond motifs is 1. The van der Waals surface area contributed by atoms with E-state index < -0.39 is 0 Å². The summed E-state index contributed by atoms with van der Waals surface area (Å²) in [6.07, 6.45) is 4.62. The molecule has 0 radical (unpaired) electrons. The van der Waals surface area contributed by atoms with Gasteiger partial charge in [0.1, 0.15) is 0 Å². The topological polar surface area (TPSA) is 3.24 Å². The van der Waals surface area contributed by atoms with Gasteiger partial charge in [0, 0.05) is 16.8 Å². The minimum atomic E-state index is 1.12. The second-order valence-corrected chi connectivity index (χ2v) is 13.4. The minimum absolute atomic E-state index is 1.12. The average molecular weight is 646 g/mol. The van der Waals surface area contributed by atoms with Gasteiger partial charge in [-0.15, -0.1) is 0 Å². The number of hydrogen-bond acceptors (Lipinski definition) is 1. The summed E-state index contributed by atoms with van der Waals surface area (Å²) in [4.78, 5) is 2.42. The van der Waals surface area contributed by atoms with Gasteiger partial charge in [0.25, 0.3) is 0 Å². The smallest absolute Gasteiger partial charge is 0.0540 e. The van der Waals surface area contributed by atoms with Gasteiger partial charge in [-0.05, 0) is 115 Å². The Labute approximate surface area is 297 Å². The predicted octanol–water partition coefficient (Wildman–Crippen LogP) is 13.7. The summed E-state index contributed by atoms with van der Waals surface area (Å²) in [5.41, 5.74) is 17.0. The molecule has 0 saturated heterocycles. The van der Waals surface area contributed by atoms with Crippen LogP contribution in [0.15, 0.2) is 158 Å². The molecule has 0 aliphatic rings. The Morgan fingerprint density at radius 1 is 0.460 bits per heavy atom. The molecular weight excluding hydrogens is 603 g/mol. The Balaban J connectivity index is 1.37. The molecule has 1 nitrogen and oxygen atoms in total. The molecule has 0 aliphatic heterocycles. The molecule has 0 atom stereocenters. The first-order chi connectivity index (χ1) is 24.3. The van der Waals surface area contributed by atoms with Crippen LogP contribution in [0.1, 0.15) is 57.0 Å². The molecule has 0 unspecified atom stereocenters. The zero-order valence-corrected chi connectivity index (χ0v) is 29.6. The number of anilines is 3. The van der Waals surface area contributed by atoms with E-state index in [0.717, 1.165) is 11.4 Å². The van der Waals surface area contributed by atoms with E-state index in [-0.39, 0.29) is 0 Å². The van der Waals surface area contributed by atoms with Crippen molar-refractivity contribution in [2.24, 2.45) is 0 Å². The fraction of sp³-hybridized carbons (Fsp3) is 0.102. The summed E-state index contributed by atoms with van der Waals surface area (Å²) in [5.74, 6) is 0. The molecule has 0 spiro atoms. The zero-order valence-electron chi connectivity index (χ0n) is 29.6. The van der Waals surface area contributed by atoms with Gasteiger partial charge in [-0.2, -0.15) is 0 Å². The summed E-state index contributed by atoms with van der Waals surface area (Å²) in [5, 5.41) is 2.42. The van der Waals surface area contributed by atoms with E-state index in [0.29, 0.717) is 0 Å². The number of benzene rings is 7. The molecular formula is C49H43N. The summed E-state index contributed by atoms with van der Waals surface area (Å²) in [7, 11) is 0. The summed E-state index contributed by atoms with van der Waals surface area (Å²) in [6.45, 7) is 10.8. The van der Waals surface area contributed by atoms with Gasteiger partial charge in [0.15, 0.2) is 0 Å². The molecule has 0 amide bonds. The Morgan fingerprint density at radius 3 is 1.64 bits per heavy atom. The van der Waals surface area contributed by atoms with Crippen LogP contribution < -0.4 is 4.90 Å². The average Bonchev–Trinajstić information content (AvgIpc) is 3.14. The van der Waals surface area contributed by atoms with Gasteiger partial charge in [0.2, 0.25) is 0 Å². The van der Waals surface area contributed by atoms with Crippen molar-refractivity contribution in [1.29, 1.82) is 0 Å². The number of nitrogens with zero attached hydrogens (tertiary/aromatic N) is 1. The van der Waals surface area contributed by atoms with Crippen LogP contribution >= 0.6 is 0 Å². The highest BCUT2D eigenvalue weighted by molar-refractivity contribution is 6.06. The highest BCUT2D eigenvalue weighted by Gasteiger charge is 2.19. The third-order valence-corrected chi connectivity index (χ3v) is 9.56. The monoisotopic (exact) mass is 645 g/mol. The Kier molecular flexibility index (Phi) is 9.32. The molecule has 0 fully saturated rings. The SMILES string of the molecule is C/C(=C/c1ccc(N(c2ccc(C)cc2C)c2ccc(C=C(c3ccc(C)cc3)c3ccc(C)cc3)c3ccccc23)cc1)c1ccccc1. The molecule has 0 aromatic heterocycles. The van der Waals surface area contributed by atoms with Crippen LogP contribution in [0, 0.1) is 27.7 Å². The maximum absolute atomic E-state index is 2.42. The van der Waals surface area contributed by atoms with E-state index in [1.807, 2.05) is 0 Å². The largest absolute Gasteiger partial charge is 0.310 e. The van der Waals surface area contributed by atoms with Crippen LogP contribution in [0.3, 0.4) is 0 Å². The van der Waals surface area contributed by atoms with Gasteiger partial charge >= 0.3 is 0 Å². The molecule has 0 N–H and O–H groups in total. The highest BCUT2D eigenvalue weighted by atomic mass is 15.1. The molecule has 50 heavy (non-hydrogen) atoms. The van der Waals surface area contributed by atoms with Crippen LogP contribution in [-0.2, 0) is 0 Å². The summed E-state index contributed by atoms with van der Waals surface area (Å²) in [6, 6.07) is 57.4. The lowest BCUT2D eigenvalue weighted by atomic mass is 9.92. The molecule has 1 heteroatoms. The molecule has 0 aliphatic carbocycles. The van der Waals surface area contributed by atoms with Crippen molar-refractivity contribution >= 4 is 51.1 Å². The third-order valence-electron chi connectivity index (χ3n) is 9.56. The van der Waals surface area contributed by atoms with Crippen molar-refractivity contribution in [2.75, 3.05) is 4.90 Å². The van der Waals surface area contributed by atoms with Crippen molar-refractivity contribution in [3.8, 4) is 0 Å². The van der Waals surface area contributed by atoms with Crippen molar-refractivity contribution in [3.05, 3.63) is 208 Å². The zero-order chi connectivity index (χ0) is 34.6. The molecule has 0 heterocycles. The molecule has 0 bridgehead atoms. The highest BCUT2D eigenvalue weighted by Crippen LogP contribution is 2.42. The standard InChI is InChI=1S/C49H43N/c1-34-15-22-41(23-16-34)47(42-24-17-35(2)18-25-42)33-43-26-30-49(46-14-10-9-13-45(43)46)50(48-29-19-36(3)31-38(48)5)44-27-20-39(21-28-44)32-37(4)40-11-7-6-8-12-40/h6-33H,1-5H3/b37-32-. The predicted molar refractivity (Wildman–Crippen MR) is 217 cm³/mol. The molecule has 7 rings (SSSR count). The Morgan fingerprint density at radius 2 is 1.02 bits per heavy atom. The van der Waals surface area contributed by atoms with Gasteiger partial charge in [-0.25, -0.2) is 0 Å². The van der Waals surface area contributed by atoms with E-state index in [1.54, 1.807) is 0 Å². The van der Waals surface area contributed by atoms with Crippen molar-refractivity contribution < 1.29 is 0 Å². The lowest BCUT2D eigenvalue weighted by Gasteiger charge is -2.29. The van der Waals surface area contributed by atoms with Crippen LogP contribution in [0.4, 0.5) is 17.1 Å².